The summed E-state index contributed by atoms with van der Waals surface area (Å²) in [6.45, 7) is 6.35. The highest BCUT2D eigenvalue weighted by Crippen LogP contribution is 2.14. The Bertz CT molecular complexity index is 555. The van der Waals surface area contributed by atoms with Gasteiger partial charge in [-0.1, -0.05) is 13.8 Å². The standard InChI is InChI=1S/C10H14N4O2/c1-4-16-10-12-9-11-8(15)5-7(6(2)3)14(9)13-10/h5-6H,4H2,1-3H3,(H,11,12,13,15). The van der Waals surface area contributed by atoms with Crippen molar-refractivity contribution in [2.45, 2.75) is 26.7 Å². The number of nitrogens with one attached hydrogen (secondary N) is 1. The molecule has 0 unspecified atom stereocenters. The molecule has 0 amide bonds. The molecule has 0 radical (unpaired) electrons. The number of rotatable bonds is 3. The minimum absolute atomic E-state index is 0.174. The zero-order valence-electron chi connectivity index (χ0n) is 9.52. The first-order valence-corrected chi connectivity index (χ1v) is 5.24. The Balaban J connectivity index is 2.65. The van der Waals surface area contributed by atoms with Crippen LogP contribution in [0.2, 0.25) is 0 Å². The normalized spacial score (nSPS) is 11.2. The monoisotopic (exact) mass is 222 g/mol. The van der Waals surface area contributed by atoms with Crippen molar-refractivity contribution in [2.24, 2.45) is 0 Å². The van der Waals surface area contributed by atoms with Crippen molar-refractivity contribution in [3.63, 3.8) is 0 Å². The predicted octanol–water partition coefficient (Wildman–Crippen LogP) is 0.940. The van der Waals surface area contributed by atoms with E-state index >= 15 is 0 Å². The van der Waals surface area contributed by atoms with Gasteiger partial charge in [-0.2, -0.15) is 9.50 Å². The molecule has 2 aromatic rings. The fourth-order valence-corrected chi connectivity index (χ4v) is 1.50. The van der Waals surface area contributed by atoms with E-state index in [1.807, 2.05) is 20.8 Å². The third-order valence-electron chi connectivity index (χ3n) is 2.21. The van der Waals surface area contributed by atoms with Gasteiger partial charge >= 0.3 is 6.01 Å². The van der Waals surface area contributed by atoms with Crippen molar-refractivity contribution < 1.29 is 4.74 Å². The second-order valence-corrected chi connectivity index (χ2v) is 3.78. The van der Waals surface area contributed by atoms with Gasteiger partial charge < -0.3 is 4.74 Å². The first-order chi connectivity index (χ1) is 7.61. The molecule has 0 saturated carbocycles. The minimum Gasteiger partial charge on any atom is -0.463 e. The minimum atomic E-state index is -0.174. The summed E-state index contributed by atoms with van der Waals surface area (Å²) in [5.41, 5.74) is 0.642. The zero-order chi connectivity index (χ0) is 11.7. The number of aromatic nitrogens is 4. The molecule has 0 aliphatic rings. The van der Waals surface area contributed by atoms with Crippen LogP contribution in [0.3, 0.4) is 0 Å². The van der Waals surface area contributed by atoms with Gasteiger partial charge in [-0.3, -0.25) is 9.78 Å². The molecule has 0 spiro atoms. The molecule has 0 atom stereocenters. The molecule has 2 aromatic heterocycles. The van der Waals surface area contributed by atoms with Gasteiger partial charge in [0.2, 0.25) is 5.78 Å². The average molecular weight is 222 g/mol. The smallest absolute Gasteiger partial charge is 0.337 e. The van der Waals surface area contributed by atoms with Crippen LogP contribution in [0.1, 0.15) is 32.4 Å². The van der Waals surface area contributed by atoms with Crippen molar-refractivity contribution in [3.05, 3.63) is 22.1 Å². The van der Waals surface area contributed by atoms with E-state index in [9.17, 15) is 4.79 Å². The van der Waals surface area contributed by atoms with Crippen molar-refractivity contribution in [1.82, 2.24) is 19.6 Å². The quantitative estimate of drug-likeness (QED) is 0.838. The van der Waals surface area contributed by atoms with Gasteiger partial charge in [0, 0.05) is 6.07 Å². The Labute approximate surface area is 92.3 Å². The van der Waals surface area contributed by atoms with Crippen molar-refractivity contribution in [3.8, 4) is 6.01 Å². The molecule has 6 heteroatoms. The highest BCUT2D eigenvalue weighted by atomic mass is 16.5. The SMILES string of the molecule is CCOc1nc2[nH]c(=O)cc(C(C)C)n2n1. The maximum atomic E-state index is 11.4. The lowest BCUT2D eigenvalue weighted by Crippen LogP contribution is -2.13. The summed E-state index contributed by atoms with van der Waals surface area (Å²) in [5.74, 6) is 0.612. The Morgan fingerprint density at radius 3 is 2.94 bits per heavy atom. The van der Waals surface area contributed by atoms with Crippen LogP contribution in [0.15, 0.2) is 10.9 Å². The molecule has 0 aliphatic heterocycles. The number of fused-ring (bicyclic) bond motifs is 1. The molecule has 0 bridgehead atoms. The summed E-state index contributed by atoms with van der Waals surface area (Å²) in [6.07, 6.45) is 0. The number of ether oxygens (including phenoxy) is 1. The van der Waals surface area contributed by atoms with Crippen LogP contribution in [-0.2, 0) is 0 Å². The van der Waals surface area contributed by atoms with Crippen molar-refractivity contribution in [2.75, 3.05) is 6.61 Å². The lowest BCUT2D eigenvalue weighted by molar-refractivity contribution is 0.313. The van der Waals surface area contributed by atoms with Gasteiger partial charge in [0.15, 0.2) is 0 Å². The predicted molar refractivity (Wildman–Crippen MR) is 58.9 cm³/mol. The van der Waals surface area contributed by atoms with Gasteiger partial charge in [0.1, 0.15) is 0 Å². The van der Waals surface area contributed by atoms with Crippen LogP contribution in [0.5, 0.6) is 6.01 Å². The Kier molecular flexibility index (Phi) is 2.64. The maximum Gasteiger partial charge on any atom is 0.337 e. The molecule has 0 aromatic carbocycles. The fraction of sp³-hybridized carbons (Fsp3) is 0.500. The third kappa shape index (κ3) is 1.78. The van der Waals surface area contributed by atoms with E-state index in [-0.39, 0.29) is 17.5 Å². The number of H-pyrrole nitrogens is 1. The summed E-state index contributed by atoms with van der Waals surface area (Å²) < 4.78 is 6.81. The van der Waals surface area contributed by atoms with Gasteiger partial charge in [-0.25, -0.2) is 0 Å². The average Bonchev–Trinajstić information content (AvgIpc) is 2.59. The first kappa shape index (κ1) is 10.7. The summed E-state index contributed by atoms with van der Waals surface area (Å²) in [6, 6.07) is 1.81. The Morgan fingerprint density at radius 1 is 1.56 bits per heavy atom. The van der Waals surface area contributed by atoms with Crippen LogP contribution in [0, 0.1) is 0 Å². The van der Waals surface area contributed by atoms with E-state index in [4.69, 9.17) is 4.74 Å². The lowest BCUT2D eigenvalue weighted by atomic mass is 10.1. The first-order valence-electron chi connectivity index (χ1n) is 5.24. The molecule has 0 aliphatic carbocycles. The molecule has 16 heavy (non-hydrogen) atoms. The van der Waals surface area contributed by atoms with Crippen LogP contribution < -0.4 is 10.3 Å². The Morgan fingerprint density at radius 2 is 2.31 bits per heavy atom. The van der Waals surface area contributed by atoms with E-state index in [1.54, 1.807) is 4.52 Å². The van der Waals surface area contributed by atoms with Gasteiger partial charge in [-0.15, -0.1) is 5.10 Å². The second kappa shape index (κ2) is 3.96. The number of hydrogen-bond acceptors (Lipinski definition) is 4. The Hall–Kier alpha value is -1.85. The fourth-order valence-electron chi connectivity index (χ4n) is 1.50. The summed E-state index contributed by atoms with van der Waals surface area (Å²) in [7, 11) is 0. The van der Waals surface area contributed by atoms with Gasteiger partial charge in [0.25, 0.3) is 5.56 Å². The van der Waals surface area contributed by atoms with E-state index in [1.165, 1.54) is 6.07 Å². The molecule has 2 heterocycles. The van der Waals surface area contributed by atoms with Crippen molar-refractivity contribution in [1.29, 1.82) is 0 Å². The van der Waals surface area contributed by atoms with E-state index < -0.39 is 0 Å². The number of hydrogen-bond donors (Lipinski definition) is 1. The van der Waals surface area contributed by atoms with E-state index in [0.717, 1.165) is 5.69 Å². The van der Waals surface area contributed by atoms with Crippen LogP contribution in [-0.4, -0.2) is 26.2 Å². The molecular weight excluding hydrogens is 208 g/mol. The third-order valence-corrected chi connectivity index (χ3v) is 2.21. The van der Waals surface area contributed by atoms with Gasteiger partial charge in [-0.05, 0) is 12.8 Å². The topological polar surface area (TPSA) is 72.3 Å². The number of aromatic amines is 1. The zero-order valence-corrected chi connectivity index (χ0v) is 9.52. The van der Waals surface area contributed by atoms with E-state index in [2.05, 4.69) is 15.1 Å². The highest BCUT2D eigenvalue weighted by molar-refractivity contribution is 5.31. The highest BCUT2D eigenvalue weighted by Gasteiger charge is 2.11. The number of nitrogens with zero attached hydrogens (tertiary/aromatic N) is 3. The lowest BCUT2D eigenvalue weighted by Gasteiger charge is -2.05. The molecule has 2 rings (SSSR count). The molecular formula is C10H14N4O2. The second-order valence-electron chi connectivity index (χ2n) is 3.78. The summed E-state index contributed by atoms with van der Waals surface area (Å²) in [5, 5.41) is 4.18. The van der Waals surface area contributed by atoms with Crippen LogP contribution in [0.4, 0.5) is 0 Å². The van der Waals surface area contributed by atoms with Gasteiger partial charge in [0.05, 0.1) is 12.3 Å². The summed E-state index contributed by atoms with van der Waals surface area (Å²) in [4.78, 5) is 18.1. The largest absolute Gasteiger partial charge is 0.463 e. The molecule has 6 nitrogen and oxygen atoms in total. The van der Waals surface area contributed by atoms with Crippen molar-refractivity contribution >= 4 is 5.78 Å². The summed E-state index contributed by atoms with van der Waals surface area (Å²) >= 11 is 0. The molecule has 86 valence electrons. The molecule has 0 saturated heterocycles. The van der Waals surface area contributed by atoms with Crippen LogP contribution >= 0.6 is 0 Å². The molecule has 0 fully saturated rings. The van der Waals surface area contributed by atoms with Crippen LogP contribution in [0.25, 0.3) is 5.78 Å². The van der Waals surface area contributed by atoms with E-state index in [0.29, 0.717) is 12.4 Å². The molecule has 1 N–H and O–H groups in total. The maximum absolute atomic E-state index is 11.4.